The van der Waals surface area contributed by atoms with Gasteiger partial charge in [0.15, 0.2) is 0 Å². The Bertz CT molecular complexity index is 768. The lowest BCUT2D eigenvalue weighted by molar-refractivity contribution is -0.154. The Balaban J connectivity index is 1.35. The molecule has 4 aliphatic carbocycles. The van der Waals surface area contributed by atoms with Crippen molar-refractivity contribution in [1.29, 1.82) is 0 Å². The van der Waals surface area contributed by atoms with Crippen LogP contribution in [0.5, 0.6) is 0 Å². The number of carbonyl (C=O) groups excluding carboxylic acids is 1. The Hall–Kier alpha value is -0.870. The highest BCUT2D eigenvalue weighted by molar-refractivity contribution is 5.66. The molecule has 0 N–H and O–H groups in total. The van der Waals surface area contributed by atoms with Gasteiger partial charge in [-0.3, -0.25) is 4.79 Å². The fourth-order valence-electron chi connectivity index (χ4n) is 8.86. The van der Waals surface area contributed by atoms with Gasteiger partial charge in [-0.25, -0.2) is 0 Å². The molecule has 0 aromatic carbocycles. The van der Waals surface area contributed by atoms with E-state index in [4.69, 9.17) is 14.2 Å². The Morgan fingerprint density at radius 2 is 1.89 bits per heavy atom. The number of allylic oxidation sites excluding steroid dienone is 2. The number of carbonyl (C=O) groups is 1. The second kappa shape index (κ2) is 10.5. The summed E-state index contributed by atoms with van der Waals surface area (Å²) in [5.41, 5.74) is 0.576. The van der Waals surface area contributed by atoms with Crippen LogP contribution in [0.15, 0.2) is 12.2 Å². The van der Waals surface area contributed by atoms with Gasteiger partial charge in [-0.15, -0.1) is 0 Å². The molecule has 4 aliphatic rings. The molecule has 0 amide bonds. The third-order valence-corrected chi connectivity index (χ3v) is 10.7. The number of hydrogen-bond acceptors (Lipinski definition) is 4. The average Bonchev–Trinajstić information content (AvgIpc) is 3.12. The molecule has 0 saturated heterocycles. The second-order valence-electron chi connectivity index (χ2n) is 13.9. The lowest BCUT2D eigenvalue weighted by atomic mass is 9.46. The van der Waals surface area contributed by atoms with Crippen LogP contribution in [0.4, 0.5) is 0 Å². The molecule has 4 unspecified atom stereocenters. The average molecular weight is 489 g/mol. The van der Waals surface area contributed by atoms with Crippen LogP contribution in [-0.2, 0) is 19.0 Å². The molecule has 9 atom stereocenters. The van der Waals surface area contributed by atoms with E-state index in [1.165, 1.54) is 38.5 Å². The number of hydrogen-bond donors (Lipinski definition) is 0. The first-order valence-corrected chi connectivity index (χ1v) is 14.5. The zero-order valence-corrected chi connectivity index (χ0v) is 23.6. The van der Waals surface area contributed by atoms with Crippen molar-refractivity contribution in [3.63, 3.8) is 0 Å². The minimum absolute atomic E-state index is 0.114. The Labute approximate surface area is 214 Å². The first-order valence-electron chi connectivity index (χ1n) is 14.5. The van der Waals surface area contributed by atoms with Crippen molar-refractivity contribution in [1.82, 2.24) is 0 Å². The van der Waals surface area contributed by atoms with Gasteiger partial charge in [0.05, 0.1) is 5.60 Å². The summed E-state index contributed by atoms with van der Waals surface area (Å²) in [5.74, 6) is 4.43. The first kappa shape index (κ1) is 27.2. The van der Waals surface area contributed by atoms with Crippen LogP contribution in [-0.4, -0.2) is 31.1 Å². The van der Waals surface area contributed by atoms with Gasteiger partial charge in [-0.2, -0.15) is 0 Å². The molecule has 0 spiro atoms. The number of rotatable bonds is 8. The molecule has 0 bridgehead atoms. The van der Waals surface area contributed by atoms with Gasteiger partial charge in [0.2, 0.25) is 0 Å². The second-order valence-corrected chi connectivity index (χ2v) is 13.9. The van der Waals surface area contributed by atoms with Crippen LogP contribution in [0, 0.1) is 46.3 Å². The highest BCUT2D eigenvalue weighted by Gasteiger charge is 2.59. The largest absolute Gasteiger partial charge is 0.463 e. The summed E-state index contributed by atoms with van der Waals surface area (Å²) in [7, 11) is 0. The van der Waals surface area contributed by atoms with E-state index in [0.717, 1.165) is 49.5 Å². The monoisotopic (exact) mass is 488 g/mol. The van der Waals surface area contributed by atoms with Gasteiger partial charge < -0.3 is 14.2 Å². The van der Waals surface area contributed by atoms with Crippen molar-refractivity contribution in [3.05, 3.63) is 12.2 Å². The summed E-state index contributed by atoms with van der Waals surface area (Å²) in [6, 6.07) is 0. The van der Waals surface area contributed by atoms with E-state index < -0.39 is 0 Å². The van der Waals surface area contributed by atoms with Gasteiger partial charge in [0, 0.05) is 13.5 Å². The lowest BCUT2D eigenvalue weighted by Gasteiger charge is -2.59. The van der Waals surface area contributed by atoms with Crippen molar-refractivity contribution >= 4 is 5.97 Å². The molecule has 35 heavy (non-hydrogen) atoms. The van der Waals surface area contributed by atoms with E-state index in [1.54, 1.807) is 6.92 Å². The number of ether oxygens (including phenoxy) is 3. The van der Waals surface area contributed by atoms with Crippen molar-refractivity contribution in [3.8, 4) is 0 Å². The minimum Gasteiger partial charge on any atom is -0.463 e. The minimum atomic E-state index is -0.135. The summed E-state index contributed by atoms with van der Waals surface area (Å²) in [6.45, 7) is 16.6. The summed E-state index contributed by atoms with van der Waals surface area (Å²) in [6.07, 6.45) is 16.6. The van der Waals surface area contributed by atoms with E-state index in [2.05, 4.69) is 53.7 Å². The molecule has 0 aromatic rings. The van der Waals surface area contributed by atoms with Gasteiger partial charge in [0.1, 0.15) is 12.9 Å². The molecule has 3 fully saturated rings. The maximum atomic E-state index is 11.5. The van der Waals surface area contributed by atoms with Crippen LogP contribution < -0.4 is 0 Å². The fourth-order valence-corrected chi connectivity index (χ4v) is 8.86. The molecule has 4 rings (SSSR count). The Morgan fingerprint density at radius 1 is 1.11 bits per heavy atom. The summed E-state index contributed by atoms with van der Waals surface area (Å²) in [4.78, 5) is 11.5. The molecule has 4 nitrogen and oxygen atoms in total. The topological polar surface area (TPSA) is 44.8 Å². The van der Waals surface area contributed by atoms with Gasteiger partial charge in [-0.05, 0) is 125 Å². The number of esters is 1. The predicted molar refractivity (Wildman–Crippen MR) is 141 cm³/mol. The smallest absolute Gasteiger partial charge is 0.302 e. The first-order chi connectivity index (χ1) is 16.4. The zero-order valence-electron chi connectivity index (χ0n) is 23.6. The molecular weight excluding hydrogens is 436 g/mol. The lowest BCUT2D eigenvalue weighted by Crippen LogP contribution is -2.52. The molecule has 0 aromatic heterocycles. The van der Waals surface area contributed by atoms with Crippen molar-refractivity contribution in [2.24, 2.45) is 46.3 Å². The standard InChI is InChI=1S/C31H52O4/c1-21(9-8-18-33-20-34-29(3,4)5)26-12-13-27-25-11-10-23-19-24(35-22(2)32)14-16-30(23,6)28(25)15-17-31(26,27)7/h15,17,21,23-28H,8-14,16,18-20H2,1-7H3/t21-,23?,24-,25+,26?,27+,28+,30?,31?/m1/s1. The maximum Gasteiger partial charge on any atom is 0.302 e. The highest BCUT2D eigenvalue weighted by atomic mass is 16.7. The zero-order chi connectivity index (χ0) is 25.4. The summed E-state index contributed by atoms with van der Waals surface area (Å²) >= 11 is 0. The molecule has 3 saturated carbocycles. The molecule has 0 heterocycles. The Morgan fingerprint density at radius 3 is 2.60 bits per heavy atom. The van der Waals surface area contributed by atoms with Crippen molar-refractivity contribution in [2.45, 2.75) is 118 Å². The van der Waals surface area contributed by atoms with E-state index in [1.807, 2.05) is 0 Å². The molecule has 0 radical (unpaired) electrons. The normalized spacial score (nSPS) is 41.6. The molecule has 4 heteroatoms. The van der Waals surface area contributed by atoms with Crippen molar-refractivity contribution in [2.75, 3.05) is 13.4 Å². The molecular formula is C31H52O4. The quantitative estimate of drug-likeness (QED) is 0.153. The highest BCUT2D eigenvalue weighted by Crippen LogP contribution is 2.66. The maximum absolute atomic E-state index is 11.5. The van der Waals surface area contributed by atoms with Crippen LogP contribution in [0.3, 0.4) is 0 Å². The Kier molecular flexibility index (Phi) is 8.14. The van der Waals surface area contributed by atoms with Crippen molar-refractivity contribution < 1.29 is 19.0 Å². The summed E-state index contributed by atoms with van der Waals surface area (Å²) < 4.78 is 17.1. The van der Waals surface area contributed by atoms with Gasteiger partial charge in [-0.1, -0.05) is 32.9 Å². The van der Waals surface area contributed by atoms with E-state index in [-0.39, 0.29) is 17.7 Å². The SMILES string of the molecule is CC(=O)O[C@@H]1CCC2(C)C(CC[C@H]3[C@@H]4CCC([C@H](C)CCCOCOC(C)(C)C)C4(C)C=C[C@@H]32)C1. The van der Waals surface area contributed by atoms with Crippen LogP contribution in [0.1, 0.15) is 106 Å². The third-order valence-electron chi connectivity index (χ3n) is 10.7. The summed E-state index contributed by atoms with van der Waals surface area (Å²) in [5, 5.41) is 0. The van der Waals surface area contributed by atoms with Gasteiger partial charge >= 0.3 is 5.97 Å². The third kappa shape index (κ3) is 5.69. The van der Waals surface area contributed by atoms with E-state index >= 15 is 0 Å². The van der Waals surface area contributed by atoms with Crippen LogP contribution in [0.2, 0.25) is 0 Å². The van der Waals surface area contributed by atoms with Gasteiger partial charge in [0.25, 0.3) is 0 Å². The van der Waals surface area contributed by atoms with E-state index in [0.29, 0.717) is 29.5 Å². The van der Waals surface area contributed by atoms with Crippen LogP contribution in [0.25, 0.3) is 0 Å². The molecule has 200 valence electrons. The molecule has 0 aliphatic heterocycles. The number of fused-ring (bicyclic) bond motifs is 5. The fraction of sp³-hybridized carbons (Fsp3) is 0.903. The predicted octanol–water partition coefficient (Wildman–Crippen LogP) is 7.56. The van der Waals surface area contributed by atoms with E-state index in [9.17, 15) is 4.79 Å². The van der Waals surface area contributed by atoms with Crippen LogP contribution >= 0.6 is 0 Å².